The molecule has 0 aliphatic heterocycles. The van der Waals surface area contributed by atoms with Crippen LogP contribution in [0.5, 0.6) is 11.5 Å². The van der Waals surface area contributed by atoms with Crippen molar-refractivity contribution < 1.29 is 18.9 Å². The van der Waals surface area contributed by atoms with Crippen LogP contribution >= 0.6 is 0 Å². The molecule has 0 fully saturated rings. The Morgan fingerprint density at radius 1 is 1.11 bits per heavy atom. The lowest BCUT2D eigenvalue weighted by atomic mass is 10.1. The zero-order valence-electron chi connectivity index (χ0n) is 15.5. The first kappa shape index (κ1) is 18.4. The van der Waals surface area contributed by atoms with E-state index < -0.39 is 0 Å². The Kier molecular flexibility index (Phi) is 5.71. The number of benzene rings is 2. The van der Waals surface area contributed by atoms with Crippen LogP contribution in [0.1, 0.15) is 18.1 Å². The highest BCUT2D eigenvalue weighted by atomic mass is 16.6. The van der Waals surface area contributed by atoms with Crippen LogP contribution in [0.2, 0.25) is 0 Å². The van der Waals surface area contributed by atoms with Crippen LogP contribution < -0.4 is 14.8 Å². The molecule has 7 heteroatoms. The molecular weight excluding hydrogens is 346 g/mol. The third kappa shape index (κ3) is 4.63. The number of nitrogens with zero attached hydrogens (tertiary/aromatic N) is 2. The molecule has 27 heavy (non-hydrogen) atoms. The number of aromatic nitrogens is 2. The highest BCUT2D eigenvalue weighted by Gasteiger charge is 2.16. The number of ether oxygens (including phenoxy) is 2. The zero-order chi connectivity index (χ0) is 19.2. The Morgan fingerprint density at radius 2 is 1.96 bits per heavy atom. The van der Waals surface area contributed by atoms with Crippen molar-refractivity contribution in [3.05, 3.63) is 53.6 Å². The second-order valence-corrected chi connectivity index (χ2v) is 6.03. The maximum atomic E-state index is 12.2. The lowest BCUT2D eigenvalue weighted by molar-refractivity contribution is -0.118. The molecule has 1 N–H and O–H groups in total. The normalized spacial score (nSPS) is 10.5. The molecule has 0 aliphatic rings. The molecule has 1 aromatic heterocycles. The van der Waals surface area contributed by atoms with Gasteiger partial charge in [-0.05, 0) is 72.5 Å². The molecule has 0 aliphatic carbocycles. The number of carbonyl (C=O) groups is 1. The Hall–Kier alpha value is -3.35. The number of carbonyl (C=O) groups excluding carboxylic acids is 1. The second-order valence-electron chi connectivity index (χ2n) is 6.03. The molecule has 0 saturated heterocycles. The van der Waals surface area contributed by atoms with Crippen LogP contribution in [0, 0.1) is 13.8 Å². The van der Waals surface area contributed by atoms with Crippen molar-refractivity contribution in [1.82, 2.24) is 10.3 Å². The highest BCUT2D eigenvalue weighted by Crippen LogP contribution is 2.29. The third-order valence-corrected chi connectivity index (χ3v) is 3.85. The molecule has 0 spiro atoms. The van der Waals surface area contributed by atoms with Gasteiger partial charge >= 0.3 is 0 Å². The van der Waals surface area contributed by atoms with E-state index in [1.807, 2.05) is 57.2 Å². The summed E-state index contributed by atoms with van der Waals surface area (Å²) in [4.78, 5) is 12.2. The monoisotopic (exact) mass is 367 g/mol. The number of anilines is 1. The molecule has 0 atom stereocenters. The van der Waals surface area contributed by atoms with Gasteiger partial charge in [-0.2, -0.15) is 0 Å². The van der Waals surface area contributed by atoms with Crippen LogP contribution in [0.3, 0.4) is 0 Å². The molecule has 0 saturated carbocycles. The first-order valence-electron chi connectivity index (χ1n) is 8.62. The summed E-state index contributed by atoms with van der Waals surface area (Å²) in [5.41, 5.74) is 3.23. The smallest absolute Gasteiger partial charge is 0.263 e. The van der Waals surface area contributed by atoms with Crippen molar-refractivity contribution in [3.63, 3.8) is 0 Å². The average Bonchev–Trinajstić information content (AvgIpc) is 3.10. The van der Waals surface area contributed by atoms with Crippen molar-refractivity contribution in [2.75, 3.05) is 18.5 Å². The van der Waals surface area contributed by atoms with Gasteiger partial charge in [0.25, 0.3) is 5.91 Å². The first-order valence-corrected chi connectivity index (χ1v) is 8.62. The zero-order valence-corrected chi connectivity index (χ0v) is 15.5. The largest absolute Gasteiger partial charge is 0.494 e. The van der Waals surface area contributed by atoms with E-state index in [-0.39, 0.29) is 18.3 Å². The molecule has 1 heterocycles. The highest BCUT2D eigenvalue weighted by molar-refractivity contribution is 5.94. The van der Waals surface area contributed by atoms with Gasteiger partial charge in [-0.1, -0.05) is 12.1 Å². The average molecular weight is 367 g/mol. The van der Waals surface area contributed by atoms with Gasteiger partial charge in [-0.3, -0.25) is 4.79 Å². The molecule has 0 radical (unpaired) electrons. The van der Waals surface area contributed by atoms with E-state index in [2.05, 4.69) is 15.6 Å². The third-order valence-electron chi connectivity index (χ3n) is 3.85. The summed E-state index contributed by atoms with van der Waals surface area (Å²) in [5, 5.41) is 10.4. The second kappa shape index (κ2) is 8.35. The molecular formula is C20H21N3O4. The van der Waals surface area contributed by atoms with Gasteiger partial charge in [0.15, 0.2) is 12.3 Å². The van der Waals surface area contributed by atoms with Crippen LogP contribution in [0.4, 0.5) is 5.82 Å². The Morgan fingerprint density at radius 3 is 2.70 bits per heavy atom. The van der Waals surface area contributed by atoms with Gasteiger partial charge in [0.1, 0.15) is 11.5 Å². The van der Waals surface area contributed by atoms with Crippen LogP contribution in [-0.4, -0.2) is 29.4 Å². The Bertz CT molecular complexity index is 936. The maximum Gasteiger partial charge on any atom is 0.263 e. The van der Waals surface area contributed by atoms with Crippen molar-refractivity contribution in [2.45, 2.75) is 20.8 Å². The SMILES string of the molecule is CCOc1ccc(-c2nonc2NC(=O)COc2cccc(C)c2)cc1C. The fourth-order valence-electron chi connectivity index (χ4n) is 2.60. The van der Waals surface area contributed by atoms with Crippen molar-refractivity contribution in [2.24, 2.45) is 0 Å². The fraction of sp³-hybridized carbons (Fsp3) is 0.250. The summed E-state index contributed by atoms with van der Waals surface area (Å²) in [6.07, 6.45) is 0. The molecule has 0 unspecified atom stereocenters. The summed E-state index contributed by atoms with van der Waals surface area (Å²) in [5.74, 6) is 1.33. The van der Waals surface area contributed by atoms with E-state index in [1.165, 1.54) is 0 Å². The number of hydrogen-bond donors (Lipinski definition) is 1. The van der Waals surface area contributed by atoms with Crippen LogP contribution in [-0.2, 0) is 4.79 Å². The summed E-state index contributed by atoms with van der Waals surface area (Å²) >= 11 is 0. The van der Waals surface area contributed by atoms with Gasteiger partial charge in [-0.15, -0.1) is 0 Å². The van der Waals surface area contributed by atoms with Crippen LogP contribution in [0.25, 0.3) is 11.3 Å². The minimum absolute atomic E-state index is 0.141. The van der Waals surface area contributed by atoms with Gasteiger partial charge < -0.3 is 14.8 Å². The molecule has 3 rings (SSSR count). The molecule has 2 aromatic carbocycles. The summed E-state index contributed by atoms with van der Waals surface area (Å²) < 4.78 is 15.8. The van der Waals surface area contributed by atoms with E-state index >= 15 is 0 Å². The molecule has 1 amide bonds. The molecule has 140 valence electrons. The number of nitrogens with one attached hydrogen (secondary N) is 1. The number of rotatable bonds is 7. The van der Waals surface area contributed by atoms with Crippen LogP contribution in [0.15, 0.2) is 47.1 Å². The summed E-state index contributed by atoms with van der Waals surface area (Å²) in [6.45, 7) is 6.28. The van der Waals surface area contributed by atoms with Crippen molar-refractivity contribution >= 4 is 11.7 Å². The van der Waals surface area contributed by atoms with E-state index in [1.54, 1.807) is 6.07 Å². The van der Waals surface area contributed by atoms with E-state index in [4.69, 9.17) is 14.1 Å². The quantitative estimate of drug-likeness (QED) is 0.684. The Labute approximate surface area is 157 Å². The lowest BCUT2D eigenvalue weighted by Gasteiger charge is -2.09. The predicted molar refractivity (Wildman–Crippen MR) is 101 cm³/mol. The molecule has 0 bridgehead atoms. The van der Waals surface area contributed by atoms with Crippen molar-refractivity contribution in [3.8, 4) is 22.8 Å². The number of amides is 1. The summed E-state index contributed by atoms with van der Waals surface area (Å²) in [7, 11) is 0. The maximum absolute atomic E-state index is 12.2. The van der Waals surface area contributed by atoms with Gasteiger partial charge in [0, 0.05) is 5.56 Å². The Balaban J connectivity index is 1.68. The standard InChI is InChI=1S/C20H21N3O4/c1-4-25-17-9-8-15(11-14(17)3)19-20(23-27-22-19)21-18(24)12-26-16-7-5-6-13(2)10-16/h5-11H,4,12H2,1-3H3,(H,21,23,24). The fourth-order valence-corrected chi connectivity index (χ4v) is 2.60. The topological polar surface area (TPSA) is 86.5 Å². The lowest BCUT2D eigenvalue weighted by Crippen LogP contribution is -2.20. The minimum Gasteiger partial charge on any atom is -0.494 e. The number of hydrogen-bond acceptors (Lipinski definition) is 6. The molecule has 7 nitrogen and oxygen atoms in total. The summed E-state index contributed by atoms with van der Waals surface area (Å²) in [6, 6.07) is 13.1. The van der Waals surface area contributed by atoms with E-state index in [0.29, 0.717) is 18.1 Å². The number of aryl methyl sites for hydroxylation is 2. The van der Waals surface area contributed by atoms with Gasteiger partial charge in [-0.25, -0.2) is 4.63 Å². The van der Waals surface area contributed by atoms with E-state index in [9.17, 15) is 4.79 Å². The van der Waals surface area contributed by atoms with Gasteiger partial charge in [0.2, 0.25) is 5.82 Å². The molecule has 3 aromatic rings. The minimum atomic E-state index is -0.351. The van der Waals surface area contributed by atoms with Gasteiger partial charge in [0.05, 0.1) is 6.61 Å². The van der Waals surface area contributed by atoms with Crippen molar-refractivity contribution in [1.29, 1.82) is 0 Å². The van der Waals surface area contributed by atoms with E-state index in [0.717, 1.165) is 22.4 Å². The first-order chi connectivity index (χ1) is 13.1. The predicted octanol–water partition coefficient (Wildman–Crippen LogP) is 3.77.